The van der Waals surface area contributed by atoms with E-state index in [0.717, 1.165) is 76.0 Å². The number of ether oxygens (including phenoxy) is 3. The maximum absolute atomic E-state index is 12.5. The smallest absolute Gasteiger partial charge is 0.306 e. The summed E-state index contributed by atoms with van der Waals surface area (Å²) in [4.78, 5) is 37.5. The molecule has 0 aliphatic rings. The zero-order valence-electron chi connectivity index (χ0n) is 36.1. The Kier molecular flexibility index (Phi) is 38.9. The van der Waals surface area contributed by atoms with Gasteiger partial charge in [-0.25, -0.2) is 0 Å². The zero-order chi connectivity index (χ0) is 39.0. The average Bonchev–Trinajstić information content (AvgIpc) is 3.15. The molecule has 0 fully saturated rings. The van der Waals surface area contributed by atoms with Crippen LogP contribution < -0.4 is 0 Å². The fourth-order valence-electron chi connectivity index (χ4n) is 6.86. The van der Waals surface area contributed by atoms with Crippen molar-refractivity contribution in [2.24, 2.45) is 11.8 Å². The molecule has 0 saturated carbocycles. The van der Waals surface area contributed by atoms with E-state index in [2.05, 4.69) is 34.6 Å². The minimum Gasteiger partial charge on any atom is -0.462 e. The number of hydrogen-bond acceptors (Lipinski definition) is 6. The Morgan fingerprint density at radius 2 is 0.660 bits per heavy atom. The number of hydrogen-bond donors (Lipinski definition) is 0. The Morgan fingerprint density at radius 3 is 0.981 bits per heavy atom. The number of unbranched alkanes of at least 4 members (excludes halogenated alkanes) is 24. The quantitative estimate of drug-likeness (QED) is 0.0352. The van der Waals surface area contributed by atoms with Crippen LogP contribution in [0.15, 0.2) is 0 Å². The van der Waals surface area contributed by atoms with Crippen molar-refractivity contribution in [2.45, 2.75) is 259 Å². The fourth-order valence-corrected chi connectivity index (χ4v) is 6.86. The molecule has 0 saturated heterocycles. The van der Waals surface area contributed by atoms with E-state index in [0.29, 0.717) is 19.3 Å². The van der Waals surface area contributed by atoms with E-state index in [-0.39, 0.29) is 31.1 Å². The molecule has 6 heteroatoms. The number of carbonyl (C=O) groups is 3. The summed E-state index contributed by atoms with van der Waals surface area (Å²) in [6.45, 7) is 11.3. The van der Waals surface area contributed by atoms with Gasteiger partial charge in [0, 0.05) is 19.3 Å². The standard InChI is InChI=1S/C47H90O6/c1-6-9-10-25-34-39-47(50)53-44(41-52-46(49)38-33-29-24-20-19-22-27-31-36-43(5)8-3)40-51-45(48)37-32-28-23-18-16-14-12-11-13-15-17-21-26-30-35-42(4)7-2/h42-44H,6-41H2,1-5H3/t42?,43?,44-/m0/s1. The van der Waals surface area contributed by atoms with Gasteiger partial charge in [0.1, 0.15) is 13.2 Å². The summed E-state index contributed by atoms with van der Waals surface area (Å²) in [6.07, 6.45) is 38.2. The summed E-state index contributed by atoms with van der Waals surface area (Å²) in [7, 11) is 0. The van der Waals surface area contributed by atoms with Gasteiger partial charge in [-0.15, -0.1) is 0 Å². The minimum absolute atomic E-state index is 0.0662. The molecule has 0 bridgehead atoms. The van der Waals surface area contributed by atoms with Gasteiger partial charge in [0.2, 0.25) is 0 Å². The molecule has 0 spiro atoms. The summed E-state index contributed by atoms with van der Waals surface area (Å²) in [5, 5.41) is 0. The lowest BCUT2D eigenvalue weighted by Gasteiger charge is -2.18. The maximum atomic E-state index is 12.5. The van der Waals surface area contributed by atoms with Crippen LogP contribution in [-0.2, 0) is 28.6 Å². The highest BCUT2D eigenvalue weighted by Crippen LogP contribution is 2.18. The Hall–Kier alpha value is -1.59. The largest absolute Gasteiger partial charge is 0.462 e. The molecule has 314 valence electrons. The number of esters is 3. The van der Waals surface area contributed by atoms with Crippen molar-refractivity contribution in [1.82, 2.24) is 0 Å². The molecule has 6 nitrogen and oxygen atoms in total. The van der Waals surface area contributed by atoms with Crippen molar-refractivity contribution in [1.29, 1.82) is 0 Å². The third-order valence-corrected chi connectivity index (χ3v) is 11.2. The normalized spacial score (nSPS) is 13.1. The van der Waals surface area contributed by atoms with Crippen molar-refractivity contribution >= 4 is 17.9 Å². The molecular weight excluding hydrogens is 661 g/mol. The molecule has 3 atom stereocenters. The first-order valence-electron chi connectivity index (χ1n) is 23.3. The first-order valence-corrected chi connectivity index (χ1v) is 23.3. The van der Waals surface area contributed by atoms with Gasteiger partial charge in [-0.2, -0.15) is 0 Å². The molecule has 0 aliphatic heterocycles. The highest BCUT2D eigenvalue weighted by atomic mass is 16.6. The molecule has 0 aromatic heterocycles. The van der Waals surface area contributed by atoms with Crippen LogP contribution in [0.1, 0.15) is 253 Å². The molecule has 0 aliphatic carbocycles. The molecule has 0 rings (SSSR count). The third kappa shape index (κ3) is 38.5. The van der Waals surface area contributed by atoms with Crippen LogP contribution in [0.25, 0.3) is 0 Å². The lowest BCUT2D eigenvalue weighted by molar-refractivity contribution is -0.167. The average molecular weight is 751 g/mol. The van der Waals surface area contributed by atoms with Crippen LogP contribution in [0.5, 0.6) is 0 Å². The minimum atomic E-state index is -0.758. The van der Waals surface area contributed by atoms with Crippen molar-refractivity contribution in [2.75, 3.05) is 13.2 Å². The second-order valence-corrected chi connectivity index (χ2v) is 16.5. The number of rotatable bonds is 41. The van der Waals surface area contributed by atoms with Crippen LogP contribution in [0.4, 0.5) is 0 Å². The van der Waals surface area contributed by atoms with Crippen LogP contribution in [-0.4, -0.2) is 37.2 Å². The van der Waals surface area contributed by atoms with Crippen molar-refractivity contribution in [3.63, 3.8) is 0 Å². The van der Waals surface area contributed by atoms with Gasteiger partial charge < -0.3 is 14.2 Å². The third-order valence-electron chi connectivity index (χ3n) is 11.2. The lowest BCUT2D eigenvalue weighted by Crippen LogP contribution is -2.30. The van der Waals surface area contributed by atoms with Gasteiger partial charge in [0.25, 0.3) is 0 Å². The summed E-state index contributed by atoms with van der Waals surface area (Å²) in [6, 6.07) is 0. The Labute approximate surface area is 329 Å². The van der Waals surface area contributed by atoms with Gasteiger partial charge in [0.15, 0.2) is 6.10 Å². The van der Waals surface area contributed by atoms with Gasteiger partial charge >= 0.3 is 17.9 Å². The highest BCUT2D eigenvalue weighted by Gasteiger charge is 2.19. The molecule has 0 aromatic carbocycles. The Balaban J connectivity index is 4.11. The van der Waals surface area contributed by atoms with Gasteiger partial charge in [-0.3, -0.25) is 14.4 Å². The highest BCUT2D eigenvalue weighted by molar-refractivity contribution is 5.71. The van der Waals surface area contributed by atoms with Crippen LogP contribution >= 0.6 is 0 Å². The molecule has 0 aromatic rings. The molecule has 2 unspecified atom stereocenters. The summed E-state index contributed by atoms with van der Waals surface area (Å²) in [5.74, 6) is 0.872. The van der Waals surface area contributed by atoms with Crippen LogP contribution in [0.3, 0.4) is 0 Å². The van der Waals surface area contributed by atoms with E-state index < -0.39 is 6.10 Å². The van der Waals surface area contributed by atoms with Crippen LogP contribution in [0.2, 0.25) is 0 Å². The van der Waals surface area contributed by atoms with Crippen molar-refractivity contribution in [3.8, 4) is 0 Å². The first-order chi connectivity index (χ1) is 25.8. The van der Waals surface area contributed by atoms with E-state index in [1.807, 2.05) is 0 Å². The van der Waals surface area contributed by atoms with Crippen molar-refractivity contribution < 1.29 is 28.6 Å². The molecule has 53 heavy (non-hydrogen) atoms. The Morgan fingerprint density at radius 1 is 0.377 bits per heavy atom. The van der Waals surface area contributed by atoms with E-state index in [1.165, 1.54) is 135 Å². The monoisotopic (exact) mass is 751 g/mol. The van der Waals surface area contributed by atoms with Crippen LogP contribution in [0, 0.1) is 11.8 Å². The molecule has 0 heterocycles. The van der Waals surface area contributed by atoms with Gasteiger partial charge in [-0.1, -0.05) is 214 Å². The Bertz CT molecular complexity index is 813. The zero-order valence-corrected chi connectivity index (χ0v) is 36.1. The first kappa shape index (κ1) is 51.4. The summed E-state index contributed by atoms with van der Waals surface area (Å²) in [5.41, 5.74) is 0. The predicted molar refractivity (Wildman–Crippen MR) is 224 cm³/mol. The van der Waals surface area contributed by atoms with Gasteiger partial charge in [-0.05, 0) is 31.1 Å². The summed E-state index contributed by atoms with van der Waals surface area (Å²) < 4.78 is 16.6. The second kappa shape index (κ2) is 40.1. The van der Waals surface area contributed by atoms with E-state index >= 15 is 0 Å². The SMILES string of the molecule is CCCCCCCC(=O)O[C@@H](COC(=O)CCCCCCCCCCCCCCCCC(C)CC)COC(=O)CCCCCCCCCCC(C)CC. The predicted octanol–water partition coefficient (Wildman–Crippen LogP) is 14.6. The molecule has 0 radical (unpaired) electrons. The van der Waals surface area contributed by atoms with E-state index in [1.54, 1.807) is 0 Å². The lowest BCUT2D eigenvalue weighted by atomic mass is 9.99. The molecule has 0 N–H and O–H groups in total. The fraction of sp³-hybridized carbons (Fsp3) is 0.936. The van der Waals surface area contributed by atoms with E-state index in [4.69, 9.17) is 14.2 Å². The molecular formula is C47H90O6. The topological polar surface area (TPSA) is 78.9 Å². The molecule has 0 amide bonds. The van der Waals surface area contributed by atoms with Crippen molar-refractivity contribution in [3.05, 3.63) is 0 Å². The second-order valence-electron chi connectivity index (χ2n) is 16.5. The number of carbonyl (C=O) groups excluding carboxylic acids is 3. The summed E-state index contributed by atoms with van der Waals surface area (Å²) >= 11 is 0. The van der Waals surface area contributed by atoms with E-state index in [9.17, 15) is 14.4 Å². The maximum Gasteiger partial charge on any atom is 0.306 e. The van der Waals surface area contributed by atoms with Gasteiger partial charge in [0.05, 0.1) is 0 Å².